The van der Waals surface area contributed by atoms with Gasteiger partial charge in [0, 0.05) is 22.9 Å². The Labute approximate surface area is 122 Å². The summed E-state index contributed by atoms with van der Waals surface area (Å²) in [6.07, 6.45) is -0.466. The van der Waals surface area contributed by atoms with Gasteiger partial charge in [-0.3, -0.25) is 0 Å². The highest BCUT2D eigenvalue weighted by Crippen LogP contribution is 2.32. The molecule has 0 aliphatic heterocycles. The van der Waals surface area contributed by atoms with Gasteiger partial charge in [0.15, 0.2) is 0 Å². The maximum atomic E-state index is 9.65. The van der Waals surface area contributed by atoms with Crippen LogP contribution in [0.5, 0.6) is 0 Å². The molecule has 3 heteroatoms. The lowest BCUT2D eigenvalue weighted by atomic mass is 10.1. The van der Waals surface area contributed by atoms with Crippen molar-refractivity contribution in [2.24, 2.45) is 0 Å². The zero-order chi connectivity index (χ0) is 14.0. The Hall–Kier alpha value is -1.32. The van der Waals surface area contributed by atoms with E-state index in [1.54, 1.807) is 6.92 Å². The first kappa shape index (κ1) is 14.1. The Morgan fingerprint density at radius 1 is 1.16 bits per heavy atom. The quantitative estimate of drug-likeness (QED) is 0.895. The van der Waals surface area contributed by atoms with Gasteiger partial charge in [0.1, 0.15) is 0 Å². The van der Waals surface area contributed by atoms with Gasteiger partial charge in [0.05, 0.1) is 6.10 Å². The number of aryl methyl sites for hydroxylation is 1. The molecule has 0 aromatic heterocycles. The molecule has 2 rings (SSSR count). The summed E-state index contributed by atoms with van der Waals surface area (Å²) in [5.74, 6) is 0. The van der Waals surface area contributed by atoms with Crippen molar-refractivity contribution in [1.29, 1.82) is 0 Å². The molecule has 0 spiro atoms. The van der Waals surface area contributed by atoms with Crippen LogP contribution in [0.15, 0.2) is 46.9 Å². The summed E-state index contributed by atoms with van der Waals surface area (Å²) in [5.41, 5.74) is 4.41. The number of hydrogen-bond donors (Lipinski definition) is 1. The minimum Gasteiger partial charge on any atom is -0.389 e. The van der Waals surface area contributed by atoms with E-state index in [1.165, 1.54) is 11.3 Å². The molecule has 1 N–H and O–H groups in total. The summed E-state index contributed by atoms with van der Waals surface area (Å²) in [6, 6.07) is 14.3. The fraction of sp³-hybridized carbons (Fsp3) is 0.250. The van der Waals surface area contributed by atoms with Gasteiger partial charge in [-0.05, 0) is 43.2 Å². The molecule has 100 valence electrons. The van der Waals surface area contributed by atoms with E-state index in [9.17, 15) is 5.11 Å². The second kappa shape index (κ2) is 5.76. The Morgan fingerprint density at radius 3 is 2.42 bits per heavy atom. The second-order valence-electron chi connectivity index (χ2n) is 4.73. The second-order valence-corrected chi connectivity index (χ2v) is 5.58. The molecule has 0 bridgehead atoms. The van der Waals surface area contributed by atoms with Crippen molar-refractivity contribution in [3.63, 3.8) is 0 Å². The number of rotatable bonds is 3. The lowest BCUT2D eigenvalue weighted by Gasteiger charge is -2.22. The van der Waals surface area contributed by atoms with Crippen LogP contribution in [-0.4, -0.2) is 12.2 Å². The predicted molar refractivity (Wildman–Crippen MR) is 84.0 cm³/mol. The fourth-order valence-corrected chi connectivity index (χ4v) is 2.84. The van der Waals surface area contributed by atoms with E-state index in [0.29, 0.717) is 0 Å². The molecule has 2 nitrogen and oxygen atoms in total. The molecule has 0 amide bonds. The topological polar surface area (TPSA) is 23.5 Å². The molecule has 0 aliphatic rings. The van der Waals surface area contributed by atoms with Crippen LogP contribution in [-0.2, 0) is 0 Å². The number of aliphatic hydroxyl groups excluding tert-OH is 1. The molecule has 0 saturated heterocycles. The van der Waals surface area contributed by atoms with Crippen LogP contribution < -0.4 is 4.90 Å². The summed E-state index contributed by atoms with van der Waals surface area (Å²) in [4.78, 5) is 2.14. The summed E-state index contributed by atoms with van der Waals surface area (Å²) in [6.45, 7) is 3.87. The summed E-state index contributed by atoms with van der Waals surface area (Å²) in [7, 11) is 2.05. The van der Waals surface area contributed by atoms with E-state index in [0.717, 1.165) is 15.7 Å². The monoisotopic (exact) mass is 319 g/mol. The average molecular weight is 320 g/mol. The number of nitrogens with zero attached hydrogens (tertiary/aromatic N) is 1. The van der Waals surface area contributed by atoms with Gasteiger partial charge in [-0.2, -0.15) is 0 Å². The van der Waals surface area contributed by atoms with Crippen LogP contribution in [0.3, 0.4) is 0 Å². The van der Waals surface area contributed by atoms with Gasteiger partial charge in [0.2, 0.25) is 0 Å². The SMILES string of the molecule is Cc1ccccc1N(C)c1ccc([C@H](C)O)c(Br)c1. The maximum absolute atomic E-state index is 9.65. The van der Waals surface area contributed by atoms with E-state index in [-0.39, 0.29) is 0 Å². The van der Waals surface area contributed by atoms with Crippen molar-refractivity contribution in [3.05, 3.63) is 58.1 Å². The van der Waals surface area contributed by atoms with Crippen LogP contribution in [0.2, 0.25) is 0 Å². The lowest BCUT2D eigenvalue weighted by Crippen LogP contribution is -2.11. The predicted octanol–water partition coefficient (Wildman–Crippen LogP) is 4.58. The zero-order valence-electron chi connectivity index (χ0n) is 11.4. The third-order valence-electron chi connectivity index (χ3n) is 3.30. The summed E-state index contributed by atoms with van der Waals surface area (Å²) >= 11 is 3.52. The molecule has 2 aromatic carbocycles. The van der Waals surface area contributed by atoms with E-state index < -0.39 is 6.10 Å². The molecule has 0 radical (unpaired) electrons. The van der Waals surface area contributed by atoms with Gasteiger partial charge in [-0.15, -0.1) is 0 Å². The Balaban J connectivity index is 2.38. The van der Waals surface area contributed by atoms with Gasteiger partial charge in [0.25, 0.3) is 0 Å². The third kappa shape index (κ3) is 2.99. The number of hydrogen-bond acceptors (Lipinski definition) is 2. The van der Waals surface area contributed by atoms with E-state index in [2.05, 4.69) is 39.9 Å². The molecule has 2 aromatic rings. The highest BCUT2D eigenvalue weighted by Gasteiger charge is 2.10. The number of halogens is 1. The van der Waals surface area contributed by atoms with Gasteiger partial charge < -0.3 is 10.0 Å². The molecule has 0 fully saturated rings. The van der Waals surface area contributed by atoms with Gasteiger partial charge in [-0.25, -0.2) is 0 Å². The van der Waals surface area contributed by atoms with E-state index in [4.69, 9.17) is 0 Å². The largest absolute Gasteiger partial charge is 0.389 e. The van der Waals surface area contributed by atoms with Crippen LogP contribution in [0.4, 0.5) is 11.4 Å². The minimum atomic E-state index is -0.466. The number of aliphatic hydroxyl groups is 1. The van der Waals surface area contributed by atoms with Crippen molar-refractivity contribution in [1.82, 2.24) is 0 Å². The number of para-hydroxylation sites is 1. The van der Waals surface area contributed by atoms with Crippen molar-refractivity contribution in [3.8, 4) is 0 Å². The van der Waals surface area contributed by atoms with Crippen LogP contribution in [0.25, 0.3) is 0 Å². The first-order valence-electron chi connectivity index (χ1n) is 6.27. The molecule has 19 heavy (non-hydrogen) atoms. The fourth-order valence-electron chi connectivity index (χ4n) is 2.14. The van der Waals surface area contributed by atoms with Crippen LogP contribution in [0, 0.1) is 6.92 Å². The molecular weight excluding hydrogens is 302 g/mol. The standard InChI is InChI=1S/C16H18BrNO/c1-11-6-4-5-7-16(11)18(3)13-8-9-14(12(2)19)15(17)10-13/h4-10,12,19H,1-3H3/t12-/m0/s1. The first-order chi connectivity index (χ1) is 9.00. The first-order valence-corrected chi connectivity index (χ1v) is 7.07. The highest BCUT2D eigenvalue weighted by molar-refractivity contribution is 9.10. The van der Waals surface area contributed by atoms with Gasteiger partial charge >= 0.3 is 0 Å². The van der Waals surface area contributed by atoms with Crippen molar-refractivity contribution >= 4 is 27.3 Å². The molecule has 0 saturated carbocycles. The molecular formula is C16H18BrNO. The van der Waals surface area contributed by atoms with Crippen LogP contribution >= 0.6 is 15.9 Å². The van der Waals surface area contributed by atoms with Crippen molar-refractivity contribution < 1.29 is 5.11 Å². The summed E-state index contributed by atoms with van der Waals surface area (Å²) in [5, 5.41) is 9.65. The molecule has 0 aliphatic carbocycles. The Kier molecular flexibility index (Phi) is 4.27. The number of anilines is 2. The highest BCUT2D eigenvalue weighted by atomic mass is 79.9. The van der Waals surface area contributed by atoms with Crippen molar-refractivity contribution in [2.75, 3.05) is 11.9 Å². The smallest absolute Gasteiger partial charge is 0.0772 e. The number of benzene rings is 2. The molecule has 0 unspecified atom stereocenters. The Morgan fingerprint density at radius 2 is 1.84 bits per heavy atom. The average Bonchev–Trinajstić information content (AvgIpc) is 2.38. The lowest BCUT2D eigenvalue weighted by molar-refractivity contribution is 0.198. The van der Waals surface area contributed by atoms with Crippen LogP contribution in [0.1, 0.15) is 24.2 Å². The minimum absolute atomic E-state index is 0.466. The van der Waals surface area contributed by atoms with E-state index in [1.807, 2.05) is 37.4 Å². The third-order valence-corrected chi connectivity index (χ3v) is 3.98. The zero-order valence-corrected chi connectivity index (χ0v) is 13.0. The Bertz CT molecular complexity index is 581. The molecule has 0 heterocycles. The van der Waals surface area contributed by atoms with Gasteiger partial charge in [-0.1, -0.05) is 40.2 Å². The van der Waals surface area contributed by atoms with Crippen molar-refractivity contribution in [2.45, 2.75) is 20.0 Å². The van der Waals surface area contributed by atoms with E-state index >= 15 is 0 Å². The normalized spacial score (nSPS) is 12.3. The summed E-state index contributed by atoms with van der Waals surface area (Å²) < 4.78 is 0.931. The maximum Gasteiger partial charge on any atom is 0.0772 e. The molecule has 1 atom stereocenters.